The van der Waals surface area contributed by atoms with E-state index in [-0.39, 0.29) is 0 Å². The molecule has 0 aliphatic carbocycles. The molecule has 0 radical (unpaired) electrons. The van der Waals surface area contributed by atoms with E-state index in [0.29, 0.717) is 0 Å². The highest BCUT2D eigenvalue weighted by molar-refractivity contribution is 5.97. The molecule has 0 aliphatic heterocycles. The van der Waals surface area contributed by atoms with Gasteiger partial charge < -0.3 is 0 Å². The lowest BCUT2D eigenvalue weighted by Crippen LogP contribution is -2.00. The molecule has 0 atom stereocenters. The highest BCUT2D eigenvalue weighted by atomic mass is 14.8. The van der Waals surface area contributed by atoms with E-state index in [1.807, 2.05) is 50.2 Å². The van der Waals surface area contributed by atoms with Gasteiger partial charge in [-0.2, -0.15) is 0 Å². The van der Waals surface area contributed by atoms with Crippen LogP contribution < -0.4 is 0 Å². The van der Waals surface area contributed by atoms with E-state index in [0.717, 1.165) is 48.7 Å². The Bertz CT molecular complexity index is 561. The molecule has 2 aromatic rings. The van der Waals surface area contributed by atoms with Gasteiger partial charge in [-0.25, -0.2) is 0 Å². The zero-order valence-corrected chi connectivity index (χ0v) is 13.2. The predicted molar refractivity (Wildman–Crippen MR) is 91.9 cm³/mol. The SMILES string of the molecule is CC(=NCCCCN=C(C)c1ccccn1)c1ccccn1. The molecule has 0 aliphatic rings. The van der Waals surface area contributed by atoms with Crippen LogP contribution in [-0.4, -0.2) is 34.5 Å². The van der Waals surface area contributed by atoms with Crippen LogP contribution in [-0.2, 0) is 0 Å². The van der Waals surface area contributed by atoms with Crippen LogP contribution in [0.15, 0.2) is 58.8 Å². The van der Waals surface area contributed by atoms with Crippen molar-refractivity contribution in [2.75, 3.05) is 13.1 Å². The number of hydrogen-bond acceptors (Lipinski definition) is 4. The van der Waals surface area contributed by atoms with Crippen LogP contribution in [0.25, 0.3) is 0 Å². The van der Waals surface area contributed by atoms with Crippen LogP contribution in [0.1, 0.15) is 38.1 Å². The molecule has 0 fully saturated rings. The maximum Gasteiger partial charge on any atom is 0.0836 e. The Labute approximate surface area is 132 Å². The van der Waals surface area contributed by atoms with Crippen molar-refractivity contribution in [1.82, 2.24) is 9.97 Å². The number of unbranched alkanes of at least 4 members (excludes halogenated alkanes) is 1. The minimum atomic E-state index is 0.820. The molecule has 114 valence electrons. The Kier molecular flexibility index (Phi) is 6.42. The molecule has 0 amide bonds. The van der Waals surface area contributed by atoms with Crippen molar-refractivity contribution in [1.29, 1.82) is 0 Å². The Morgan fingerprint density at radius 3 is 1.59 bits per heavy atom. The van der Waals surface area contributed by atoms with Crippen molar-refractivity contribution in [3.8, 4) is 0 Å². The highest BCUT2D eigenvalue weighted by Crippen LogP contribution is 2.00. The third-order valence-electron chi connectivity index (χ3n) is 3.34. The van der Waals surface area contributed by atoms with Gasteiger partial charge >= 0.3 is 0 Å². The van der Waals surface area contributed by atoms with Gasteiger partial charge in [-0.3, -0.25) is 20.0 Å². The van der Waals surface area contributed by atoms with Gasteiger partial charge in [0, 0.05) is 25.5 Å². The predicted octanol–water partition coefficient (Wildman–Crippen LogP) is 3.58. The van der Waals surface area contributed by atoms with E-state index in [1.54, 1.807) is 12.4 Å². The normalized spacial score (nSPS) is 12.5. The summed E-state index contributed by atoms with van der Waals surface area (Å²) in [6, 6.07) is 11.8. The van der Waals surface area contributed by atoms with Gasteiger partial charge in [0.1, 0.15) is 0 Å². The molecule has 2 heterocycles. The molecule has 0 saturated heterocycles. The Hall–Kier alpha value is -2.36. The maximum absolute atomic E-state index is 4.56. The summed E-state index contributed by atoms with van der Waals surface area (Å²) in [6.45, 7) is 5.65. The van der Waals surface area contributed by atoms with Crippen LogP contribution in [0.4, 0.5) is 0 Å². The van der Waals surface area contributed by atoms with Crippen molar-refractivity contribution in [3.63, 3.8) is 0 Å². The van der Waals surface area contributed by atoms with E-state index < -0.39 is 0 Å². The van der Waals surface area contributed by atoms with Crippen molar-refractivity contribution >= 4 is 11.4 Å². The zero-order valence-electron chi connectivity index (χ0n) is 13.2. The molecule has 4 nitrogen and oxygen atoms in total. The monoisotopic (exact) mass is 294 g/mol. The fourth-order valence-corrected chi connectivity index (χ4v) is 2.03. The number of hydrogen-bond donors (Lipinski definition) is 0. The first kappa shape index (κ1) is 16.0. The second kappa shape index (κ2) is 8.82. The number of rotatable bonds is 7. The molecular formula is C18H22N4. The van der Waals surface area contributed by atoms with Crippen LogP contribution in [0, 0.1) is 0 Å². The van der Waals surface area contributed by atoms with Crippen molar-refractivity contribution < 1.29 is 0 Å². The summed E-state index contributed by atoms with van der Waals surface area (Å²) in [5, 5.41) is 0. The first-order valence-corrected chi connectivity index (χ1v) is 7.62. The van der Waals surface area contributed by atoms with Gasteiger partial charge in [-0.15, -0.1) is 0 Å². The number of aromatic nitrogens is 2. The first-order valence-electron chi connectivity index (χ1n) is 7.62. The lowest BCUT2D eigenvalue weighted by molar-refractivity contribution is 0.756. The number of pyridine rings is 2. The summed E-state index contributed by atoms with van der Waals surface area (Å²) >= 11 is 0. The quantitative estimate of drug-likeness (QED) is 0.579. The summed E-state index contributed by atoms with van der Waals surface area (Å²) in [6.07, 6.45) is 5.65. The van der Waals surface area contributed by atoms with E-state index in [4.69, 9.17) is 0 Å². The molecule has 0 spiro atoms. The standard InChI is InChI=1S/C18H22N4/c1-15(17-9-3-5-13-21-17)19-11-7-8-12-20-16(2)18-10-4-6-14-22-18/h3-6,9-10,13-14H,7-8,11-12H2,1-2H3. The second-order valence-corrected chi connectivity index (χ2v) is 5.07. The Morgan fingerprint density at radius 2 is 1.23 bits per heavy atom. The van der Waals surface area contributed by atoms with Crippen molar-refractivity contribution in [3.05, 3.63) is 60.2 Å². The van der Waals surface area contributed by atoms with Gasteiger partial charge in [0.2, 0.25) is 0 Å². The van der Waals surface area contributed by atoms with Crippen LogP contribution in [0.5, 0.6) is 0 Å². The lowest BCUT2D eigenvalue weighted by Gasteiger charge is -2.01. The maximum atomic E-state index is 4.56. The van der Waals surface area contributed by atoms with Gasteiger partial charge in [-0.1, -0.05) is 12.1 Å². The molecule has 0 unspecified atom stereocenters. The summed E-state index contributed by atoms with van der Waals surface area (Å²) in [7, 11) is 0. The average Bonchev–Trinajstić information content (AvgIpc) is 2.59. The average molecular weight is 294 g/mol. The number of aliphatic imine (C=N–C) groups is 2. The molecule has 2 aromatic heterocycles. The summed E-state index contributed by atoms with van der Waals surface area (Å²) in [5.41, 5.74) is 3.89. The fraction of sp³-hybridized carbons (Fsp3) is 0.333. The molecule has 2 rings (SSSR count). The van der Waals surface area contributed by atoms with Gasteiger partial charge in [0.25, 0.3) is 0 Å². The van der Waals surface area contributed by atoms with Gasteiger partial charge in [0.15, 0.2) is 0 Å². The van der Waals surface area contributed by atoms with E-state index in [9.17, 15) is 0 Å². The first-order chi connectivity index (χ1) is 10.8. The molecule has 0 saturated carbocycles. The topological polar surface area (TPSA) is 50.5 Å². The zero-order chi connectivity index (χ0) is 15.6. The van der Waals surface area contributed by atoms with E-state index in [1.165, 1.54) is 0 Å². The van der Waals surface area contributed by atoms with Gasteiger partial charge in [-0.05, 0) is 51.0 Å². The highest BCUT2D eigenvalue weighted by Gasteiger charge is 1.98. The third-order valence-corrected chi connectivity index (χ3v) is 3.34. The third kappa shape index (κ3) is 5.20. The summed E-state index contributed by atoms with van der Waals surface area (Å²) < 4.78 is 0. The summed E-state index contributed by atoms with van der Waals surface area (Å²) in [4.78, 5) is 17.7. The summed E-state index contributed by atoms with van der Waals surface area (Å²) in [5.74, 6) is 0. The fourth-order valence-electron chi connectivity index (χ4n) is 2.03. The second-order valence-electron chi connectivity index (χ2n) is 5.07. The van der Waals surface area contributed by atoms with Crippen LogP contribution in [0.3, 0.4) is 0 Å². The lowest BCUT2D eigenvalue weighted by atomic mass is 10.2. The van der Waals surface area contributed by atoms with Gasteiger partial charge in [0.05, 0.1) is 22.8 Å². The van der Waals surface area contributed by atoms with E-state index >= 15 is 0 Å². The molecular weight excluding hydrogens is 272 g/mol. The smallest absolute Gasteiger partial charge is 0.0836 e. The molecule has 0 N–H and O–H groups in total. The minimum absolute atomic E-state index is 0.820. The molecule has 4 heteroatoms. The van der Waals surface area contributed by atoms with Crippen LogP contribution >= 0.6 is 0 Å². The Balaban J connectivity index is 1.71. The largest absolute Gasteiger partial charge is 0.288 e. The molecule has 22 heavy (non-hydrogen) atoms. The Morgan fingerprint density at radius 1 is 0.773 bits per heavy atom. The molecule has 0 aromatic carbocycles. The number of nitrogens with zero attached hydrogens (tertiary/aromatic N) is 4. The minimum Gasteiger partial charge on any atom is -0.288 e. The molecule has 0 bridgehead atoms. The van der Waals surface area contributed by atoms with Crippen molar-refractivity contribution in [2.24, 2.45) is 9.98 Å². The van der Waals surface area contributed by atoms with Crippen molar-refractivity contribution in [2.45, 2.75) is 26.7 Å². The van der Waals surface area contributed by atoms with Crippen LogP contribution in [0.2, 0.25) is 0 Å². The van der Waals surface area contributed by atoms with E-state index in [2.05, 4.69) is 20.0 Å².